The zero-order valence-corrected chi connectivity index (χ0v) is 13.3. The number of allylic oxidation sites excluding steroid dienone is 1. The van der Waals surface area contributed by atoms with E-state index < -0.39 is 0 Å². The Morgan fingerprint density at radius 2 is 1.74 bits per heavy atom. The fourth-order valence-electron chi connectivity index (χ4n) is 2.56. The lowest BCUT2D eigenvalue weighted by atomic mass is 9.94. The van der Waals surface area contributed by atoms with Crippen LogP contribution in [0.15, 0.2) is 23.8 Å². The molecule has 1 rings (SSSR count). The smallest absolute Gasteiger partial charge is 0.00142 e. The van der Waals surface area contributed by atoms with Crippen LogP contribution < -0.4 is 5.32 Å². The molecule has 0 spiro atoms. The van der Waals surface area contributed by atoms with Gasteiger partial charge in [0.15, 0.2) is 0 Å². The quantitative estimate of drug-likeness (QED) is 0.562. The van der Waals surface area contributed by atoms with Gasteiger partial charge in [0.2, 0.25) is 0 Å². The molecule has 0 aliphatic carbocycles. The molecule has 0 amide bonds. The van der Waals surface area contributed by atoms with Crippen LogP contribution in [0.2, 0.25) is 0 Å². The van der Waals surface area contributed by atoms with E-state index >= 15 is 0 Å². The van der Waals surface area contributed by atoms with Crippen LogP contribution in [0.3, 0.4) is 0 Å². The van der Waals surface area contributed by atoms with Crippen LogP contribution in [0.4, 0.5) is 0 Å². The first kappa shape index (κ1) is 16.0. The predicted octanol–water partition coefficient (Wildman–Crippen LogP) is 4.49. The minimum Gasteiger partial charge on any atom is -0.316 e. The van der Waals surface area contributed by atoms with Gasteiger partial charge < -0.3 is 5.32 Å². The summed E-state index contributed by atoms with van der Waals surface area (Å²) in [5.74, 6) is 0. The SMILES string of the molecule is CCCNCCC=C(C)Cc1c(C)cc(C)cc1C. The second kappa shape index (κ2) is 8.16. The normalized spacial score (nSPS) is 11.9. The van der Waals surface area contributed by atoms with E-state index in [1.807, 2.05) is 0 Å². The molecular formula is C18H29N. The molecule has 1 aromatic carbocycles. The summed E-state index contributed by atoms with van der Waals surface area (Å²) in [5, 5.41) is 3.44. The molecule has 106 valence electrons. The van der Waals surface area contributed by atoms with Gasteiger partial charge in [-0.15, -0.1) is 0 Å². The van der Waals surface area contributed by atoms with E-state index in [0.717, 1.165) is 25.9 Å². The molecule has 1 heteroatoms. The third-order valence-corrected chi connectivity index (χ3v) is 3.54. The van der Waals surface area contributed by atoms with Crippen molar-refractivity contribution in [2.45, 2.75) is 53.9 Å². The number of aryl methyl sites for hydroxylation is 3. The molecule has 0 aliphatic heterocycles. The van der Waals surface area contributed by atoms with Gasteiger partial charge in [-0.1, -0.05) is 36.3 Å². The minimum absolute atomic E-state index is 1.09. The fourth-order valence-corrected chi connectivity index (χ4v) is 2.56. The van der Waals surface area contributed by atoms with E-state index in [4.69, 9.17) is 0 Å². The van der Waals surface area contributed by atoms with Crippen molar-refractivity contribution in [3.05, 3.63) is 46.0 Å². The maximum absolute atomic E-state index is 3.44. The molecule has 0 radical (unpaired) electrons. The summed E-state index contributed by atoms with van der Waals surface area (Å²) in [6, 6.07) is 4.58. The molecule has 0 atom stereocenters. The van der Waals surface area contributed by atoms with Gasteiger partial charge in [-0.05, 0) is 76.7 Å². The topological polar surface area (TPSA) is 12.0 Å². The van der Waals surface area contributed by atoms with E-state index in [0.29, 0.717) is 0 Å². The Morgan fingerprint density at radius 3 is 2.32 bits per heavy atom. The Bertz CT molecular complexity index is 406. The zero-order chi connectivity index (χ0) is 14.3. The van der Waals surface area contributed by atoms with Gasteiger partial charge in [0.25, 0.3) is 0 Å². The lowest BCUT2D eigenvalue weighted by molar-refractivity contribution is 0.677. The van der Waals surface area contributed by atoms with Gasteiger partial charge in [-0.2, -0.15) is 0 Å². The van der Waals surface area contributed by atoms with E-state index in [-0.39, 0.29) is 0 Å². The lowest BCUT2D eigenvalue weighted by Gasteiger charge is -2.12. The summed E-state index contributed by atoms with van der Waals surface area (Å²) < 4.78 is 0. The first-order chi connectivity index (χ1) is 9.04. The number of hydrogen-bond acceptors (Lipinski definition) is 1. The standard InChI is InChI=1S/C18H29N/c1-6-9-19-10-7-8-14(2)13-18-16(4)11-15(3)12-17(18)5/h8,11-12,19H,6-7,9-10,13H2,1-5H3. The second-order valence-electron chi connectivity index (χ2n) is 5.64. The third kappa shape index (κ3) is 5.61. The van der Waals surface area contributed by atoms with Gasteiger partial charge in [-0.25, -0.2) is 0 Å². The average molecular weight is 259 g/mol. The van der Waals surface area contributed by atoms with Gasteiger partial charge in [-0.3, -0.25) is 0 Å². The summed E-state index contributed by atoms with van der Waals surface area (Å²) in [4.78, 5) is 0. The van der Waals surface area contributed by atoms with Crippen molar-refractivity contribution in [3.63, 3.8) is 0 Å². The Morgan fingerprint density at radius 1 is 1.11 bits per heavy atom. The van der Waals surface area contributed by atoms with Crippen LogP contribution in [-0.2, 0) is 6.42 Å². The summed E-state index contributed by atoms with van der Waals surface area (Å²) in [6.07, 6.45) is 5.81. The Balaban J connectivity index is 2.57. The van der Waals surface area contributed by atoms with Crippen LogP contribution in [-0.4, -0.2) is 13.1 Å². The number of hydrogen-bond donors (Lipinski definition) is 1. The summed E-state index contributed by atoms with van der Waals surface area (Å²) in [6.45, 7) is 13.3. The summed E-state index contributed by atoms with van der Waals surface area (Å²) >= 11 is 0. The number of benzene rings is 1. The molecule has 1 aromatic rings. The van der Waals surface area contributed by atoms with E-state index in [9.17, 15) is 0 Å². The highest BCUT2D eigenvalue weighted by molar-refractivity contribution is 5.39. The van der Waals surface area contributed by atoms with Crippen molar-refractivity contribution in [2.24, 2.45) is 0 Å². The fraction of sp³-hybridized carbons (Fsp3) is 0.556. The highest BCUT2D eigenvalue weighted by Crippen LogP contribution is 2.19. The molecule has 19 heavy (non-hydrogen) atoms. The maximum atomic E-state index is 3.44. The van der Waals surface area contributed by atoms with Gasteiger partial charge in [0.05, 0.1) is 0 Å². The molecule has 0 fully saturated rings. The second-order valence-corrected chi connectivity index (χ2v) is 5.64. The van der Waals surface area contributed by atoms with Crippen LogP contribution in [0, 0.1) is 20.8 Å². The largest absolute Gasteiger partial charge is 0.316 e. The van der Waals surface area contributed by atoms with Crippen LogP contribution in [0.25, 0.3) is 0 Å². The molecule has 0 bridgehead atoms. The maximum Gasteiger partial charge on any atom is -0.00142 e. The highest BCUT2D eigenvalue weighted by atomic mass is 14.8. The van der Waals surface area contributed by atoms with Crippen LogP contribution in [0.1, 0.15) is 48.9 Å². The molecule has 0 aromatic heterocycles. The molecule has 0 heterocycles. The Labute approximate surface area is 119 Å². The van der Waals surface area contributed by atoms with E-state index in [2.05, 4.69) is 58.1 Å². The van der Waals surface area contributed by atoms with Crippen molar-refractivity contribution in [2.75, 3.05) is 13.1 Å². The molecule has 0 aliphatic rings. The lowest BCUT2D eigenvalue weighted by Crippen LogP contribution is -2.15. The van der Waals surface area contributed by atoms with Crippen molar-refractivity contribution >= 4 is 0 Å². The van der Waals surface area contributed by atoms with Crippen molar-refractivity contribution in [1.82, 2.24) is 5.32 Å². The monoisotopic (exact) mass is 259 g/mol. The van der Waals surface area contributed by atoms with Gasteiger partial charge >= 0.3 is 0 Å². The third-order valence-electron chi connectivity index (χ3n) is 3.54. The van der Waals surface area contributed by atoms with Gasteiger partial charge in [0.1, 0.15) is 0 Å². The molecule has 0 saturated heterocycles. The molecule has 1 N–H and O–H groups in total. The van der Waals surface area contributed by atoms with Gasteiger partial charge in [0, 0.05) is 0 Å². The van der Waals surface area contributed by atoms with Crippen LogP contribution in [0.5, 0.6) is 0 Å². The molecule has 1 nitrogen and oxygen atoms in total. The van der Waals surface area contributed by atoms with Crippen molar-refractivity contribution < 1.29 is 0 Å². The molecule has 0 unspecified atom stereocenters. The number of rotatable bonds is 7. The van der Waals surface area contributed by atoms with Crippen molar-refractivity contribution in [3.8, 4) is 0 Å². The predicted molar refractivity (Wildman–Crippen MR) is 85.9 cm³/mol. The summed E-state index contributed by atoms with van der Waals surface area (Å²) in [5.41, 5.74) is 7.20. The molecule has 0 saturated carbocycles. The first-order valence-corrected chi connectivity index (χ1v) is 7.47. The van der Waals surface area contributed by atoms with E-state index in [1.54, 1.807) is 0 Å². The molecular weight excluding hydrogens is 230 g/mol. The van der Waals surface area contributed by atoms with Crippen molar-refractivity contribution in [1.29, 1.82) is 0 Å². The van der Waals surface area contributed by atoms with Crippen LogP contribution >= 0.6 is 0 Å². The summed E-state index contributed by atoms with van der Waals surface area (Å²) in [7, 11) is 0. The minimum atomic E-state index is 1.09. The van der Waals surface area contributed by atoms with E-state index in [1.165, 1.54) is 34.2 Å². The Hall–Kier alpha value is -1.08. The zero-order valence-electron chi connectivity index (χ0n) is 13.3. The average Bonchev–Trinajstić information content (AvgIpc) is 2.33. The first-order valence-electron chi connectivity index (χ1n) is 7.47. The Kier molecular flexibility index (Phi) is 6.86. The number of nitrogens with one attached hydrogen (secondary N) is 1. The highest BCUT2D eigenvalue weighted by Gasteiger charge is 2.04.